The topological polar surface area (TPSA) is 594 Å². The molecule has 25 N–H and O–H groups in total. The molecule has 628 valence electrons. The molecule has 1 heterocycles. The Hall–Kier alpha value is -8.43. The molecule has 0 aromatic heterocycles. The fraction of sp³-hybridized carbons (Fsp3) is 0.712. The maximum Gasteiger partial charge on any atom is 0.326 e. The van der Waals surface area contributed by atoms with E-state index in [-0.39, 0.29) is 119 Å². The number of nitrogens with two attached hydrogens (primary N) is 5. The number of hydrogen-bond acceptors (Lipinski definition) is 23. The molecule has 1 aromatic rings. The van der Waals surface area contributed by atoms with E-state index in [2.05, 4.69) is 89.1 Å². The summed E-state index contributed by atoms with van der Waals surface area (Å²) in [4.78, 5) is 209. The van der Waals surface area contributed by atoms with Crippen LogP contribution in [0.4, 0.5) is 0 Å². The third kappa shape index (κ3) is 35.4. The van der Waals surface area contributed by atoms with Crippen LogP contribution in [0, 0.1) is 23.7 Å². The predicted octanol–water partition coefficient (Wildman–Crippen LogP) is -3.14. The van der Waals surface area contributed by atoms with Gasteiger partial charge in [-0.3, -0.25) is 67.1 Å². The molecule has 0 spiro atoms. The number of aliphatic carboxylic acids is 1. The monoisotopic (exact) mass is 1610 g/mol. The van der Waals surface area contributed by atoms with Gasteiger partial charge < -0.3 is 113 Å². The van der Waals surface area contributed by atoms with Gasteiger partial charge in [-0.25, -0.2) is 4.79 Å². The summed E-state index contributed by atoms with van der Waals surface area (Å²) in [6.07, 6.45) is 0.623. The molecule has 1 aliphatic rings. The van der Waals surface area contributed by atoms with Crippen LogP contribution < -0.4 is 92.5 Å². The lowest BCUT2D eigenvalue weighted by molar-refractivity contribution is -0.143. The lowest BCUT2D eigenvalue weighted by atomic mass is 9.96. The number of carboxylic acids is 1. The summed E-state index contributed by atoms with van der Waals surface area (Å²) in [5.74, 6) is -15.2. The highest BCUT2D eigenvalue weighted by Crippen LogP contribution is 2.23. The number of aliphatic hydroxyl groups is 1. The molecule has 111 heavy (non-hydrogen) atoms. The standard InChI is InChI=1S/C73H126N18O18S2/c1-11-41(8)58(70(105)85-50(31-38(2)3)66(101)80-47(19-12-15-27-74)62(97)84-52(35-57(78)94)67(102)88-55(37-111)68(103)81-48(20-13-16-28-75)64(99)87-54(73(108)109)33-40(6)7)89-69(104)56-22-18-30-91(56)72(107)53(32-39(4)5)86-60(95)42(9)79-65(100)51(34-44-23-25-45(93)26-24-44)83-63(98)49(21-14-17-29-76)82-71(106)59(43(10)92)90-61(96)46(77)36-110/h23-26,38-43,46-56,58-59,92-93,110-111H,11-22,27-37,74-77H2,1-10H3,(H2,78,94)(H,79,100)(H,80,101)(H,81,103)(H,82,106)(H,83,98)(H,84,97)(H,85,105)(H,86,95)(H,87,99)(H,88,102)(H,89,104)(H,90,96)(H,108,109)/t41-,42-,43+,46-,47-,48-,49-,50-,51-,52-,53-,54-,55-,56-,58-,59-/m0/s1. The first-order valence-electron chi connectivity index (χ1n) is 38.3. The zero-order valence-corrected chi connectivity index (χ0v) is 67.5. The first-order chi connectivity index (χ1) is 52.3. The fourth-order valence-electron chi connectivity index (χ4n) is 12.1. The van der Waals surface area contributed by atoms with E-state index in [1.54, 1.807) is 55.4 Å². The van der Waals surface area contributed by atoms with E-state index in [1.807, 2.05) is 0 Å². The second-order valence-corrected chi connectivity index (χ2v) is 30.4. The third-order valence-corrected chi connectivity index (χ3v) is 19.3. The number of likely N-dealkylation sites (tertiary alicyclic amines) is 1. The summed E-state index contributed by atoms with van der Waals surface area (Å²) in [6, 6.07) is -13.5. The van der Waals surface area contributed by atoms with Crippen molar-refractivity contribution in [2.45, 2.75) is 269 Å². The molecule has 0 saturated carbocycles. The number of nitrogens with one attached hydrogen (secondary N) is 12. The lowest BCUT2D eigenvalue weighted by Crippen LogP contribution is -2.61. The van der Waals surface area contributed by atoms with Crippen molar-refractivity contribution in [3.05, 3.63) is 29.8 Å². The van der Waals surface area contributed by atoms with Gasteiger partial charge in [0.25, 0.3) is 0 Å². The highest BCUT2D eigenvalue weighted by atomic mass is 32.1. The Morgan fingerprint density at radius 3 is 1.34 bits per heavy atom. The van der Waals surface area contributed by atoms with Crippen molar-refractivity contribution in [1.82, 2.24) is 68.7 Å². The van der Waals surface area contributed by atoms with Gasteiger partial charge in [-0.2, -0.15) is 25.3 Å². The smallest absolute Gasteiger partial charge is 0.326 e. The molecule has 1 fully saturated rings. The molecular weight excluding hydrogens is 1480 g/mol. The number of phenolic OH excluding ortho intramolecular Hbond substituents is 1. The SMILES string of the molecule is CC[C@H](C)[C@H](NC(=O)[C@@H]1CCCN1C(=O)[C@H](CC(C)C)NC(=O)[C@H](C)NC(=O)[C@H](Cc1ccc(O)cc1)NC(=O)[C@H](CCCCN)NC(=O)[C@@H](NC(=O)[C@@H](N)CS)[C@@H](C)O)C(=O)N[C@@H](CC(C)C)C(=O)N[C@@H](CCCCN)C(=O)N[C@@H](CC(N)=O)C(=O)N[C@@H](CS)C(=O)N[C@@H](CCCCN)C(=O)N[C@@H](CC(C)C)C(=O)O. The minimum absolute atomic E-state index is 0.00130. The van der Waals surface area contributed by atoms with Crippen molar-refractivity contribution in [1.29, 1.82) is 0 Å². The number of phenols is 1. The highest BCUT2D eigenvalue weighted by molar-refractivity contribution is 7.80. The predicted molar refractivity (Wildman–Crippen MR) is 421 cm³/mol. The van der Waals surface area contributed by atoms with Crippen molar-refractivity contribution in [3.8, 4) is 5.75 Å². The Morgan fingerprint density at radius 1 is 0.477 bits per heavy atom. The van der Waals surface area contributed by atoms with Crippen LogP contribution in [-0.2, 0) is 78.3 Å². The van der Waals surface area contributed by atoms with E-state index in [0.29, 0.717) is 50.5 Å². The number of carboxylic acid groups (broad SMARTS) is 1. The van der Waals surface area contributed by atoms with Gasteiger partial charge in [0.05, 0.1) is 18.6 Å². The largest absolute Gasteiger partial charge is 0.508 e. The molecule has 0 unspecified atom stereocenters. The Balaban J connectivity index is 2.45. The van der Waals surface area contributed by atoms with Crippen molar-refractivity contribution in [2.24, 2.45) is 52.3 Å². The number of rotatable bonds is 53. The van der Waals surface area contributed by atoms with Crippen LogP contribution in [-0.4, -0.2) is 237 Å². The van der Waals surface area contributed by atoms with Crippen LogP contribution in [0.15, 0.2) is 24.3 Å². The third-order valence-electron chi connectivity index (χ3n) is 18.6. The van der Waals surface area contributed by atoms with E-state index < -0.39 is 192 Å². The number of aromatic hydroxyl groups is 1. The van der Waals surface area contributed by atoms with Crippen LogP contribution >= 0.6 is 25.3 Å². The number of aliphatic hydroxyl groups excluding tert-OH is 1. The van der Waals surface area contributed by atoms with Crippen LogP contribution in [0.3, 0.4) is 0 Å². The molecule has 14 amide bonds. The van der Waals surface area contributed by atoms with Crippen molar-refractivity contribution >= 4 is 114 Å². The van der Waals surface area contributed by atoms with Crippen molar-refractivity contribution in [3.63, 3.8) is 0 Å². The molecule has 1 saturated heterocycles. The first-order valence-corrected chi connectivity index (χ1v) is 39.5. The molecule has 16 atom stereocenters. The molecule has 0 bridgehead atoms. The second kappa shape index (κ2) is 51.3. The number of hydrogen-bond donors (Lipinski definition) is 22. The number of unbranched alkanes of at least 4 members (excludes halogenated alkanes) is 3. The Bertz CT molecular complexity index is 3230. The summed E-state index contributed by atoms with van der Waals surface area (Å²) in [5, 5.41) is 61.5. The number of nitrogens with zero attached hydrogens (tertiary/aromatic N) is 1. The summed E-state index contributed by atoms with van der Waals surface area (Å²) >= 11 is 8.26. The molecule has 38 heteroatoms. The van der Waals surface area contributed by atoms with Crippen LogP contribution in [0.1, 0.15) is 178 Å². The van der Waals surface area contributed by atoms with Gasteiger partial charge in [0, 0.05) is 24.5 Å². The maximum atomic E-state index is 14.8. The van der Waals surface area contributed by atoms with Gasteiger partial charge in [0.2, 0.25) is 82.7 Å². The normalized spacial score (nSPS) is 16.8. The van der Waals surface area contributed by atoms with Crippen LogP contribution in [0.5, 0.6) is 5.75 Å². The number of carbonyl (C=O) groups excluding carboxylic acids is 14. The molecule has 1 aliphatic heterocycles. The molecular formula is C73H126N18O18S2. The molecule has 36 nitrogen and oxygen atoms in total. The summed E-state index contributed by atoms with van der Waals surface area (Å²) in [5.41, 5.74) is 29.0. The first kappa shape index (κ1) is 98.6. The number of thiol groups is 2. The van der Waals surface area contributed by atoms with E-state index in [1.165, 1.54) is 43.0 Å². The Morgan fingerprint density at radius 2 is 0.883 bits per heavy atom. The minimum Gasteiger partial charge on any atom is -0.508 e. The minimum atomic E-state index is -1.75. The highest BCUT2D eigenvalue weighted by Gasteiger charge is 2.42. The number of carbonyl (C=O) groups is 15. The van der Waals surface area contributed by atoms with E-state index in [0.717, 1.165) is 0 Å². The van der Waals surface area contributed by atoms with Gasteiger partial charge in [-0.05, 0) is 165 Å². The lowest BCUT2D eigenvalue weighted by Gasteiger charge is -2.32. The Labute approximate surface area is 661 Å². The van der Waals surface area contributed by atoms with Crippen molar-refractivity contribution < 1.29 is 87.2 Å². The van der Waals surface area contributed by atoms with Gasteiger partial charge in [0.15, 0.2) is 0 Å². The van der Waals surface area contributed by atoms with Gasteiger partial charge >= 0.3 is 5.97 Å². The summed E-state index contributed by atoms with van der Waals surface area (Å²) in [7, 11) is 0. The van der Waals surface area contributed by atoms with Crippen molar-refractivity contribution in [2.75, 3.05) is 37.7 Å². The maximum absolute atomic E-state index is 14.8. The van der Waals surface area contributed by atoms with E-state index in [9.17, 15) is 87.2 Å². The second-order valence-electron chi connectivity index (χ2n) is 29.7. The van der Waals surface area contributed by atoms with Crippen LogP contribution in [0.2, 0.25) is 0 Å². The zero-order valence-electron chi connectivity index (χ0n) is 65.7. The number of amides is 14. The molecule has 2 rings (SSSR count). The summed E-state index contributed by atoms with van der Waals surface area (Å²) < 4.78 is 0. The van der Waals surface area contributed by atoms with Gasteiger partial charge in [0.1, 0.15) is 84.3 Å². The van der Waals surface area contributed by atoms with Gasteiger partial charge in [-0.15, -0.1) is 0 Å². The number of benzene rings is 1. The fourth-order valence-corrected chi connectivity index (χ4v) is 12.5. The van der Waals surface area contributed by atoms with E-state index in [4.69, 9.17) is 28.7 Å². The average molecular weight is 1610 g/mol. The molecule has 0 aliphatic carbocycles. The quantitative estimate of drug-likeness (QED) is 0.0226. The number of primary amides is 1. The average Bonchev–Trinajstić information content (AvgIpc) is 1.78. The summed E-state index contributed by atoms with van der Waals surface area (Å²) in [6.45, 7) is 17.5. The van der Waals surface area contributed by atoms with E-state index >= 15 is 0 Å². The van der Waals surface area contributed by atoms with Gasteiger partial charge in [-0.1, -0.05) is 73.9 Å². The molecule has 1 aromatic carbocycles. The van der Waals surface area contributed by atoms with Crippen LogP contribution in [0.25, 0.3) is 0 Å². The molecule has 0 radical (unpaired) electrons. The zero-order chi connectivity index (χ0) is 83.9. The Kier molecular flexibility index (Phi) is 45.6.